The van der Waals surface area contributed by atoms with Crippen molar-refractivity contribution in [2.45, 2.75) is 26.0 Å². The first-order chi connectivity index (χ1) is 8.03. The molecule has 0 saturated heterocycles. The third kappa shape index (κ3) is 5.71. The molecule has 1 aromatic rings. The van der Waals surface area contributed by atoms with Crippen LogP contribution in [0.2, 0.25) is 0 Å². The van der Waals surface area contributed by atoms with Crippen LogP contribution >= 0.6 is 11.6 Å². The number of alkyl halides is 1. The third-order valence-corrected chi connectivity index (χ3v) is 2.42. The Labute approximate surface area is 107 Å². The summed E-state index contributed by atoms with van der Waals surface area (Å²) in [7, 11) is 0. The van der Waals surface area contributed by atoms with E-state index in [1.165, 1.54) is 0 Å². The van der Waals surface area contributed by atoms with Crippen molar-refractivity contribution < 1.29 is 9.53 Å². The molecule has 94 valence electrons. The minimum Gasteiger partial charge on any atom is -0.374 e. The number of hydrogen-bond donors (Lipinski definition) is 1. The average molecular weight is 256 g/mol. The largest absolute Gasteiger partial charge is 0.374 e. The number of benzene rings is 1. The lowest BCUT2D eigenvalue weighted by atomic mass is 10.1. The Balaban J connectivity index is 2.32. The molecule has 0 unspecified atom stereocenters. The van der Waals surface area contributed by atoms with E-state index in [1.54, 1.807) is 0 Å². The van der Waals surface area contributed by atoms with Crippen molar-refractivity contribution in [3.63, 3.8) is 0 Å². The third-order valence-electron chi connectivity index (χ3n) is 2.17. The van der Waals surface area contributed by atoms with Crippen LogP contribution in [0.4, 0.5) is 0 Å². The quantitative estimate of drug-likeness (QED) is 0.793. The van der Waals surface area contributed by atoms with E-state index in [2.05, 4.69) is 5.32 Å². The van der Waals surface area contributed by atoms with Crippen LogP contribution in [0.15, 0.2) is 30.3 Å². The van der Waals surface area contributed by atoms with E-state index in [4.69, 9.17) is 16.3 Å². The predicted molar refractivity (Wildman–Crippen MR) is 69.0 cm³/mol. The lowest BCUT2D eigenvalue weighted by Gasteiger charge is -2.25. The standard InChI is InChI=1S/C13H18ClNO2/c1-13(2,15-12(16)8-14)10-17-9-11-6-4-3-5-7-11/h3-7H,8-10H2,1-2H3,(H,15,16). The maximum Gasteiger partial charge on any atom is 0.235 e. The van der Waals surface area contributed by atoms with Gasteiger partial charge in [-0.25, -0.2) is 0 Å². The molecule has 1 N–H and O–H groups in total. The van der Waals surface area contributed by atoms with Crippen molar-refractivity contribution in [3.8, 4) is 0 Å². The number of rotatable bonds is 6. The summed E-state index contributed by atoms with van der Waals surface area (Å²) in [5, 5.41) is 2.80. The molecule has 0 spiro atoms. The van der Waals surface area contributed by atoms with E-state index >= 15 is 0 Å². The number of ether oxygens (including phenoxy) is 1. The van der Waals surface area contributed by atoms with Crippen LogP contribution in [0, 0.1) is 0 Å². The number of carbonyl (C=O) groups excluding carboxylic acids is 1. The predicted octanol–water partition coefficient (Wildman–Crippen LogP) is 2.34. The highest BCUT2D eigenvalue weighted by molar-refractivity contribution is 6.27. The van der Waals surface area contributed by atoms with Gasteiger partial charge in [-0.15, -0.1) is 11.6 Å². The molecule has 1 rings (SSSR count). The second kappa shape index (κ2) is 6.62. The van der Waals surface area contributed by atoms with Crippen molar-refractivity contribution in [1.82, 2.24) is 5.32 Å². The molecule has 0 aliphatic carbocycles. The van der Waals surface area contributed by atoms with Gasteiger partial charge in [-0.2, -0.15) is 0 Å². The van der Waals surface area contributed by atoms with Gasteiger partial charge in [0, 0.05) is 0 Å². The fourth-order valence-electron chi connectivity index (χ4n) is 1.45. The summed E-state index contributed by atoms with van der Waals surface area (Å²) in [5.41, 5.74) is 0.716. The molecule has 0 bridgehead atoms. The molecule has 0 saturated carbocycles. The zero-order valence-corrected chi connectivity index (χ0v) is 11.0. The summed E-state index contributed by atoms with van der Waals surface area (Å²) >= 11 is 5.44. The Bertz CT molecular complexity index is 352. The van der Waals surface area contributed by atoms with Crippen LogP contribution in [0.25, 0.3) is 0 Å². The summed E-state index contributed by atoms with van der Waals surface area (Å²) in [5.74, 6) is -0.206. The van der Waals surface area contributed by atoms with E-state index in [1.807, 2.05) is 44.2 Å². The van der Waals surface area contributed by atoms with Crippen LogP contribution in [0.1, 0.15) is 19.4 Å². The van der Waals surface area contributed by atoms with E-state index in [0.29, 0.717) is 13.2 Å². The number of hydrogen-bond acceptors (Lipinski definition) is 2. The van der Waals surface area contributed by atoms with Crippen molar-refractivity contribution in [2.24, 2.45) is 0 Å². The summed E-state index contributed by atoms with van der Waals surface area (Å²) in [4.78, 5) is 11.2. The number of carbonyl (C=O) groups is 1. The van der Waals surface area contributed by atoms with Gasteiger partial charge in [0.15, 0.2) is 0 Å². The van der Waals surface area contributed by atoms with Gasteiger partial charge in [0.1, 0.15) is 5.88 Å². The molecule has 0 aliphatic rings. The lowest BCUT2D eigenvalue weighted by molar-refractivity contribution is -0.121. The van der Waals surface area contributed by atoms with Crippen molar-refractivity contribution in [1.29, 1.82) is 0 Å². The van der Waals surface area contributed by atoms with Gasteiger partial charge in [0.05, 0.1) is 18.8 Å². The summed E-state index contributed by atoms with van der Waals surface area (Å²) in [6, 6.07) is 9.92. The molecule has 0 radical (unpaired) electrons. The molecule has 0 fully saturated rings. The Kier molecular flexibility index (Phi) is 5.45. The first-order valence-corrected chi connectivity index (χ1v) is 6.05. The van der Waals surface area contributed by atoms with Gasteiger partial charge in [0.25, 0.3) is 0 Å². The van der Waals surface area contributed by atoms with Crippen molar-refractivity contribution in [3.05, 3.63) is 35.9 Å². The highest BCUT2D eigenvalue weighted by Gasteiger charge is 2.19. The molecule has 1 amide bonds. The Morgan fingerprint density at radius 2 is 2.00 bits per heavy atom. The van der Waals surface area contributed by atoms with Gasteiger partial charge in [-0.3, -0.25) is 4.79 Å². The first kappa shape index (κ1) is 14.0. The Morgan fingerprint density at radius 3 is 2.59 bits per heavy atom. The molecular weight excluding hydrogens is 238 g/mol. The summed E-state index contributed by atoms with van der Waals surface area (Å²) in [6.07, 6.45) is 0. The normalized spacial score (nSPS) is 11.2. The van der Waals surface area contributed by atoms with E-state index < -0.39 is 5.54 Å². The lowest BCUT2D eigenvalue weighted by Crippen LogP contribution is -2.47. The zero-order chi connectivity index (χ0) is 12.7. The maximum atomic E-state index is 11.2. The molecular formula is C13H18ClNO2. The highest BCUT2D eigenvalue weighted by Crippen LogP contribution is 2.06. The van der Waals surface area contributed by atoms with E-state index in [9.17, 15) is 4.79 Å². The summed E-state index contributed by atoms with van der Waals surface area (Å²) in [6.45, 7) is 4.80. The van der Waals surface area contributed by atoms with Crippen LogP contribution in [-0.2, 0) is 16.1 Å². The number of amides is 1. The number of halogens is 1. The van der Waals surface area contributed by atoms with E-state index in [-0.39, 0.29) is 11.8 Å². The molecule has 17 heavy (non-hydrogen) atoms. The minimum atomic E-state index is -0.402. The zero-order valence-electron chi connectivity index (χ0n) is 10.2. The molecule has 0 aromatic heterocycles. The first-order valence-electron chi connectivity index (χ1n) is 5.52. The molecule has 0 heterocycles. The molecule has 1 aromatic carbocycles. The topological polar surface area (TPSA) is 38.3 Å². The summed E-state index contributed by atoms with van der Waals surface area (Å²) < 4.78 is 5.57. The SMILES string of the molecule is CC(C)(COCc1ccccc1)NC(=O)CCl. The number of nitrogens with one attached hydrogen (secondary N) is 1. The van der Waals surface area contributed by atoms with Crippen LogP contribution in [0.5, 0.6) is 0 Å². The Hall–Kier alpha value is -1.06. The highest BCUT2D eigenvalue weighted by atomic mass is 35.5. The van der Waals surface area contributed by atoms with Crippen molar-refractivity contribution in [2.75, 3.05) is 12.5 Å². The van der Waals surface area contributed by atoms with Gasteiger partial charge < -0.3 is 10.1 Å². The Morgan fingerprint density at radius 1 is 1.35 bits per heavy atom. The van der Waals surface area contributed by atoms with Crippen LogP contribution in [0.3, 0.4) is 0 Å². The van der Waals surface area contributed by atoms with E-state index in [0.717, 1.165) is 5.56 Å². The fourth-order valence-corrected chi connectivity index (χ4v) is 1.51. The van der Waals surface area contributed by atoms with Gasteiger partial charge in [0.2, 0.25) is 5.91 Å². The second-order valence-corrected chi connectivity index (χ2v) is 4.81. The molecule has 0 aliphatic heterocycles. The van der Waals surface area contributed by atoms with Gasteiger partial charge >= 0.3 is 0 Å². The molecule has 0 atom stereocenters. The maximum absolute atomic E-state index is 11.2. The van der Waals surface area contributed by atoms with Crippen molar-refractivity contribution >= 4 is 17.5 Å². The van der Waals surface area contributed by atoms with Crippen LogP contribution < -0.4 is 5.32 Å². The van der Waals surface area contributed by atoms with Crippen LogP contribution in [-0.4, -0.2) is 23.9 Å². The molecule has 3 nitrogen and oxygen atoms in total. The second-order valence-electron chi connectivity index (χ2n) is 4.54. The molecule has 4 heteroatoms. The average Bonchev–Trinajstić information content (AvgIpc) is 2.29. The minimum absolute atomic E-state index is 0.0257. The monoisotopic (exact) mass is 255 g/mol. The smallest absolute Gasteiger partial charge is 0.235 e. The van der Waals surface area contributed by atoms with Gasteiger partial charge in [-0.1, -0.05) is 30.3 Å². The fraction of sp³-hybridized carbons (Fsp3) is 0.462. The van der Waals surface area contributed by atoms with Gasteiger partial charge in [-0.05, 0) is 19.4 Å².